The molecule has 100 valence electrons. The van der Waals surface area contributed by atoms with Crippen LogP contribution in [0.2, 0.25) is 0 Å². The predicted molar refractivity (Wildman–Crippen MR) is 72.0 cm³/mol. The predicted octanol–water partition coefficient (Wildman–Crippen LogP) is 1.45. The number of carbonyl (C=O) groups is 1. The molecule has 0 fully saturated rings. The topological polar surface area (TPSA) is 67.2 Å². The Kier molecular flexibility index (Phi) is 4.30. The molecular formula is C14H17N3O2. The van der Waals surface area contributed by atoms with Gasteiger partial charge in [-0.25, -0.2) is 4.79 Å². The summed E-state index contributed by atoms with van der Waals surface area (Å²) in [5.74, 6) is -0.872. The molecule has 2 N–H and O–H groups in total. The minimum atomic E-state index is -0.872. The van der Waals surface area contributed by atoms with Crippen molar-refractivity contribution in [2.45, 2.75) is 13.0 Å². The summed E-state index contributed by atoms with van der Waals surface area (Å²) < 4.78 is 1.76. The number of aromatic carboxylic acids is 1. The van der Waals surface area contributed by atoms with Gasteiger partial charge in [0.25, 0.3) is 0 Å². The van der Waals surface area contributed by atoms with Crippen molar-refractivity contribution in [3.05, 3.63) is 53.3 Å². The van der Waals surface area contributed by atoms with Gasteiger partial charge in [-0.1, -0.05) is 18.2 Å². The van der Waals surface area contributed by atoms with E-state index in [-0.39, 0.29) is 0 Å². The van der Waals surface area contributed by atoms with Gasteiger partial charge in [0.1, 0.15) is 0 Å². The first-order valence-corrected chi connectivity index (χ1v) is 6.16. The molecule has 19 heavy (non-hydrogen) atoms. The Morgan fingerprint density at radius 3 is 2.89 bits per heavy atom. The molecule has 0 unspecified atom stereocenters. The lowest BCUT2D eigenvalue weighted by Crippen LogP contribution is -2.17. The van der Waals surface area contributed by atoms with Crippen molar-refractivity contribution in [1.82, 2.24) is 15.1 Å². The van der Waals surface area contributed by atoms with E-state index in [1.807, 2.05) is 31.6 Å². The quantitative estimate of drug-likeness (QED) is 0.771. The van der Waals surface area contributed by atoms with E-state index < -0.39 is 5.97 Å². The van der Waals surface area contributed by atoms with Crippen LogP contribution < -0.4 is 5.32 Å². The molecule has 5 heteroatoms. The van der Waals surface area contributed by atoms with Gasteiger partial charge < -0.3 is 10.4 Å². The molecule has 0 aliphatic rings. The molecule has 1 aromatic carbocycles. The number of carboxylic acids is 1. The second-order valence-electron chi connectivity index (χ2n) is 4.41. The first kappa shape index (κ1) is 13.3. The average Bonchev–Trinajstić information content (AvgIpc) is 2.81. The van der Waals surface area contributed by atoms with E-state index in [1.165, 1.54) is 0 Å². The highest BCUT2D eigenvalue weighted by molar-refractivity contribution is 5.89. The van der Waals surface area contributed by atoms with Gasteiger partial charge in [-0.15, -0.1) is 0 Å². The highest BCUT2D eigenvalue weighted by Gasteiger charge is 2.08. The van der Waals surface area contributed by atoms with Crippen molar-refractivity contribution >= 4 is 5.97 Å². The van der Waals surface area contributed by atoms with E-state index >= 15 is 0 Å². The first-order chi connectivity index (χ1) is 9.16. The van der Waals surface area contributed by atoms with E-state index in [9.17, 15) is 4.79 Å². The Morgan fingerprint density at radius 1 is 1.42 bits per heavy atom. The molecule has 2 aromatic rings. The third kappa shape index (κ3) is 3.66. The van der Waals surface area contributed by atoms with Crippen LogP contribution in [-0.2, 0) is 20.0 Å². The second kappa shape index (κ2) is 6.15. The smallest absolute Gasteiger partial charge is 0.335 e. The second-order valence-corrected chi connectivity index (χ2v) is 4.41. The van der Waals surface area contributed by atoms with Crippen LogP contribution in [0.15, 0.2) is 36.7 Å². The Morgan fingerprint density at radius 2 is 2.21 bits per heavy atom. The van der Waals surface area contributed by atoms with Gasteiger partial charge in [0.05, 0.1) is 11.8 Å². The van der Waals surface area contributed by atoms with Gasteiger partial charge in [0.15, 0.2) is 0 Å². The van der Waals surface area contributed by atoms with Crippen LogP contribution in [0.25, 0.3) is 0 Å². The Balaban J connectivity index is 1.84. The number of rotatable bonds is 6. The minimum Gasteiger partial charge on any atom is -0.478 e. The summed E-state index contributed by atoms with van der Waals surface area (Å²) in [6, 6.07) is 7.10. The van der Waals surface area contributed by atoms with Crippen LogP contribution in [-0.4, -0.2) is 27.4 Å². The van der Waals surface area contributed by atoms with Gasteiger partial charge in [0, 0.05) is 25.4 Å². The summed E-state index contributed by atoms with van der Waals surface area (Å²) in [6.07, 6.45) is 4.47. The molecule has 0 saturated heterocycles. The highest BCUT2D eigenvalue weighted by atomic mass is 16.4. The van der Waals surface area contributed by atoms with E-state index in [0.29, 0.717) is 12.0 Å². The van der Waals surface area contributed by atoms with Crippen LogP contribution in [0.5, 0.6) is 0 Å². The number of aromatic nitrogens is 2. The van der Waals surface area contributed by atoms with Gasteiger partial charge in [-0.3, -0.25) is 4.68 Å². The van der Waals surface area contributed by atoms with Crippen molar-refractivity contribution in [2.24, 2.45) is 7.05 Å². The molecule has 0 radical (unpaired) electrons. The zero-order chi connectivity index (χ0) is 13.7. The summed E-state index contributed by atoms with van der Waals surface area (Å²) in [4.78, 5) is 11.0. The zero-order valence-corrected chi connectivity index (χ0v) is 10.8. The molecule has 2 rings (SSSR count). The molecular weight excluding hydrogens is 242 g/mol. The SMILES string of the molecule is Cn1cc(CNCCc2ccccc2C(=O)O)cn1. The van der Waals surface area contributed by atoms with E-state index in [1.54, 1.807) is 16.8 Å². The van der Waals surface area contributed by atoms with Crippen LogP contribution in [0.3, 0.4) is 0 Å². The number of carboxylic acid groups (broad SMARTS) is 1. The third-order valence-electron chi connectivity index (χ3n) is 2.91. The summed E-state index contributed by atoms with van der Waals surface area (Å²) in [7, 11) is 1.88. The number of nitrogens with zero attached hydrogens (tertiary/aromatic N) is 2. The van der Waals surface area contributed by atoms with Crippen LogP contribution >= 0.6 is 0 Å². The number of nitrogens with one attached hydrogen (secondary N) is 1. The van der Waals surface area contributed by atoms with Crippen molar-refractivity contribution in [3.63, 3.8) is 0 Å². The maximum Gasteiger partial charge on any atom is 0.335 e. The first-order valence-electron chi connectivity index (χ1n) is 6.16. The fraction of sp³-hybridized carbons (Fsp3) is 0.286. The monoisotopic (exact) mass is 259 g/mol. The van der Waals surface area contributed by atoms with Crippen LogP contribution in [0.1, 0.15) is 21.5 Å². The number of hydrogen-bond acceptors (Lipinski definition) is 3. The molecule has 0 atom stereocenters. The van der Waals surface area contributed by atoms with Gasteiger partial charge >= 0.3 is 5.97 Å². The summed E-state index contributed by atoms with van der Waals surface area (Å²) in [5, 5.41) is 16.4. The fourth-order valence-corrected chi connectivity index (χ4v) is 1.97. The van der Waals surface area contributed by atoms with E-state index in [2.05, 4.69) is 10.4 Å². The van der Waals surface area contributed by atoms with Crippen LogP contribution in [0, 0.1) is 0 Å². The molecule has 0 saturated carbocycles. The maximum atomic E-state index is 11.0. The molecule has 0 bridgehead atoms. The van der Waals surface area contributed by atoms with Gasteiger partial charge in [-0.2, -0.15) is 5.10 Å². The lowest BCUT2D eigenvalue weighted by atomic mass is 10.0. The molecule has 0 amide bonds. The minimum absolute atomic E-state index is 0.380. The maximum absolute atomic E-state index is 11.0. The normalized spacial score (nSPS) is 10.6. The van der Waals surface area contributed by atoms with Crippen molar-refractivity contribution < 1.29 is 9.90 Å². The highest BCUT2D eigenvalue weighted by Crippen LogP contribution is 2.09. The van der Waals surface area contributed by atoms with Crippen LogP contribution in [0.4, 0.5) is 0 Å². The Labute approximate surface area is 111 Å². The van der Waals surface area contributed by atoms with E-state index in [4.69, 9.17) is 5.11 Å². The molecule has 5 nitrogen and oxygen atoms in total. The third-order valence-corrected chi connectivity index (χ3v) is 2.91. The summed E-state index contributed by atoms with van der Waals surface area (Å²) >= 11 is 0. The standard InChI is InChI=1S/C14H17N3O2/c1-17-10-11(9-16-17)8-15-7-6-12-4-2-3-5-13(12)14(18)19/h2-5,9-10,15H,6-8H2,1H3,(H,18,19). The lowest BCUT2D eigenvalue weighted by Gasteiger charge is -2.06. The number of benzene rings is 1. The van der Waals surface area contributed by atoms with E-state index in [0.717, 1.165) is 24.2 Å². The Hall–Kier alpha value is -2.14. The largest absolute Gasteiger partial charge is 0.478 e. The molecule has 0 spiro atoms. The zero-order valence-electron chi connectivity index (χ0n) is 10.8. The van der Waals surface area contributed by atoms with Gasteiger partial charge in [-0.05, 0) is 24.6 Å². The van der Waals surface area contributed by atoms with Gasteiger partial charge in [0.2, 0.25) is 0 Å². The average molecular weight is 259 g/mol. The number of hydrogen-bond donors (Lipinski definition) is 2. The fourth-order valence-electron chi connectivity index (χ4n) is 1.97. The Bertz CT molecular complexity index is 563. The van der Waals surface area contributed by atoms with Crippen molar-refractivity contribution in [2.75, 3.05) is 6.54 Å². The molecule has 0 aliphatic carbocycles. The molecule has 1 aromatic heterocycles. The lowest BCUT2D eigenvalue weighted by molar-refractivity contribution is 0.0695. The number of aryl methyl sites for hydroxylation is 1. The van der Waals surface area contributed by atoms with Crippen molar-refractivity contribution in [3.8, 4) is 0 Å². The summed E-state index contributed by atoms with van der Waals surface area (Å²) in [6.45, 7) is 1.47. The molecule has 1 heterocycles. The van der Waals surface area contributed by atoms with Crippen molar-refractivity contribution in [1.29, 1.82) is 0 Å². The molecule has 0 aliphatic heterocycles. The summed E-state index contributed by atoms with van der Waals surface area (Å²) in [5.41, 5.74) is 2.35.